The maximum absolute atomic E-state index is 12.7. The van der Waals surface area contributed by atoms with Gasteiger partial charge in [0.1, 0.15) is 17.6 Å². The van der Waals surface area contributed by atoms with E-state index in [1.165, 1.54) is 16.9 Å². The van der Waals surface area contributed by atoms with Crippen LogP contribution in [0.25, 0.3) is 27.9 Å². The van der Waals surface area contributed by atoms with E-state index in [-0.39, 0.29) is 11.9 Å². The minimum absolute atomic E-state index is 0.0709. The fraction of sp³-hybridized carbons (Fsp3) is 0.400. The molecule has 0 unspecified atom stereocenters. The van der Waals surface area contributed by atoms with E-state index in [9.17, 15) is 18.0 Å². The maximum Gasteiger partial charge on any atom is 0.423 e. The first kappa shape index (κ1) is 27.3. The molecule has 1 fully saturated rings. The summed E-state index contributed by atoms with van der Waals surface area (Å²) >= 11 is 0. The van der Waals surface area contributed by atoms with Crippen molar-refractivity contribution in [2.45, 2.75) is 45.3 Å². The number of nitrogens with two attached hydrogens (primary N) is 1. The number of imidazole rings is 1. The fourth-order valence-electron chi connectivity index (χ4n) is 4.81. The third kappa shape index (κ3) is 5.42. The smallest absolute Gasteiger partial charge is 0.423 e. The monoisotopic (exact) mass is 570 g/mol. The number of nitrogens with zero attached hydrogens (tertiary/aromatic N) is 6. The number of pyridine rings is 1. The number of nitrogens with one attached hydrogen (secondary N) is 1. The van der Waals surface area contributed by atoms with Gasteiger partial charge < -0.3 is 19.8 Å². The zero-order valence-electron chi connectivity index (χ0n) is 22.5. The van der Waals surface area contributed by atoms with Crippen LogP contribution < -0.4 is 15.8 Å². The van der Waals surface area contributed by atoms with Crippen LogP contribution in [0, 0.1) is 0 Å². The first-order valence-electron chi connectivity index (χ1n) is 12.6. The molecule has 212 valence electrons. The molecule has 14 nitrogen and oxygen atoms in total. The highest BCUT2D eigenvalue weighted by atomic mass is 32.2. The molecule has 0 radical (unpaired) electrons. The topological polar surface area (TPSA) is 176 Å². The van der Waals surface area contributed by atoms with Crippen LogP contribution in [0.5, 0.6) is 5.88 Å². The number of alkyl carbamates (subject to hydrolysis) is 1. The second-order valence-corrected chi connectivity index (χ2v) is 12.5. The van der Waals surface area contributed by atoms with Crippen molar-refractivity contribution in [1.82, 2.24) is 33.5 Å². The van der Waals surface area contributed by atoms with Gasteiger partial charge in [-0.1, -0.05) is 0 Å². The molecular formula is C25H30N8O6S. The van der Waals surface area contributed by atoms with Crippen molar-refractivity contribution in [2.75, 3.05) is 25.1 Å². The molecule has 0 aliphatic carbocycles. The summed E-state index contributed by atoms with van der Waals surface area (Å²) in [4.78, 5) is 37.8. The lowest BCUT2D eigenvalue weighted by Gasteiger charge is -2.31. The van der Waals surface area contributed by atoms with E-state index >= 15 is 0 Å². The van der Waals surface area contributed by atoms with Crippen LogP contribution in [0.3, 0.4) is 0 Å². The predicted octanol–water partition coefficient (Wildman–Crippen LogP) is 2.95. The maximum atomic E-state index is 12.7. The highest BCUT2D eigenvalue weighted by Gasteiger charge is 2.30. The van der Waals surface area contributed by atoms with Crippen LogP contribution in [-0.2, 0) is 14.8 Å². The van der Waals surface area contributed by atoms with Gasteiger partial charge in [-0.15, -0.1) is 0 Å². The van der Waals surface area contributed by atoms with Gasteiger partial charge >= 0.3 is 12.2 Å². The molecule has 1 aliphatic rings. The van der Waals surface area contributed by atoms with Crippen LogP contribution in [0.4, 0.5) is 15.3 Å². The first-order valence-corrected chi connectivity index (χ1v) is 14.4. The lowest BCUT2D eigenvalue weighted by atomic mass is 10.1. The van der Waals surface area contributed by atoms with Gasteiger partial charge in [0.15, 0.2) is 5.65 Å². The Morgan fingerprint density at radius 1 is 1.07 bits per heavy atom. The number of fused-ring (bicyclic) bond motifs is 2. The third-order valence-corrected chi connectivity index (χ3v) is 7.81. The normalized spacial score (nSPS) is 15.4. The molecule has 15 heteroatoms. The number of nitrogen functional groups attached to an aromatic ring is 1. The number of carbonyl (C=O) groups excluding carboxylic acids is 2. The molecule has 40 heavy (non-hydrogen) atoms. The molecule has 0 saturated carbocycles. The molecule has 5 rings (SSSR count). The quantitative estimate of drug-likeness (QED) is 0.371. The minimum atomic E-state index is -3.30. The van der Waals surface area contributed by atoms with Gasteiger partial charge in [0.25, 0.3) is 0 Å². The Labute approximate surface area is 230 Å². The molecule has 1 saturated heterocycles. The summed E-state index contributed by atoms with van der Waals surface area (Å²) in [6, 6.07) is 3.46. The molecule has 4 aromatic rings. The highest BCUT2D eigenvalue weighted by Crippen LogP contribution is 2.39. The molecule has 0 atom stereocenters. The first-order chi connectivity index (χ1) is 18.8. The van der Waals surface area contributed by atoms with Crippen LogP contribution in [-0.4, -0.2) is 73.8 Å². The van der Waals surface area contributed by atoms with Crippen LogP contribution >= 0.6 is 0 Å². The zero-order chi connectivity index (χ0) is 28.8. The van der Waals surface area contributed by atoms with E-state index in [2.05, 4.69) is 15.0 Å². The summed E-state index contributed by atoms with van der Waals surface area (Å²) < 4.78 is 39.9. The summed E-state index contributed by atoms with van der Waals surface area (Å²) in [5.41, 5.74) is 8.14. The second-order valence-electron chi connectivity index (χ2n) is 10.5. The number of piperidine rings is 1. The van der Waals surface area contributed by atoms with Gasteiger partial charge in [-0.3, -0.25) is 4.40 Å². The molecular weight excluding hydrogens is 540 g/mol. The Bertz CT molecular complexity index is 1710. The largest absolute Gasteiger partial charge is 0.443 e. The third-order valence-electron chi connectivity index (χ3n) is 6.51. The summed E-state index contributed by atoms with van der Waals surface area (Å²) in [6.45, 7) is 5.73. The van der Waals surface area contributed by atoms with E-state index in [1.54, 1.807) is 43.6 Å². The summed E-state index contributed by atoms with van der Waals surface area (Å²) in [7, 11) is -3.30. The number of sulfonamides is 1. The molecule has 3 N–H and O–H groups in total. The molecule has 0 spiro atoms. The highest BCUT2D eigenvalue weighted by molar-refractivity contribution is 7.88. The standard InChI is InChI=1S/C25H30N8O6S/c1-25(2,3)39-24(35)30-23(34)38-22-19-16(18-6-5-17(26)20-27-9-12-32(18)20)13-33(21(19)28-14-29-22)15-7-10-31(11-8-15)40(4,36)37/h5-6,9,12-15H,7-8,10-11,26H2,1-4H3,(H,30,34,35). The molecule has 5 heterocycles. The summed E-state index contributed by atoms with van der Waals surface area (Å²) in [5.74, 6) is -0.0709. The van der Waals surface area contributed by atoms with Crippen LogP contribution in [0.1, 0.15) is 39.7 Å². The van der Waals surface area contributed by atoms with E-state index in [0.29, 0.717) is 59.6 Å². The average molecular weight is 571 g/mol. The lowest BCUT2D eigenvalue weighted by Crippen LogP contribution is -2.38. The van der Waals surface area contributed by atoms with Crippen molar-refractivity contribution >= 4 is 44.6 Å². The number of ether oxygens (including phenoxy) is 2. The second kappa shape index (κ2) is 10.1. The Balaban J connectivity index is 1.58. The summed E-state index contributed by atoms with van der Waals surface area (Å²) in [5, 5.41) is 2.47. The minimum Gasteiger partial charge on any atom is -0.443 e. The molecule has 2 amide bonds. The Hall–Kier alpha value is -4.24. The van der Waals surface area contributed by atoms with Crippen LogP contribution in [0.15, 0.2) is 37.1 Å². The predicted molar refractivity (Wildman–Crippen MR) is 146 cm³/mol. The van der Waals surface area contributed by atoms with Crippen molar-refractivity contribution in [3.05, 3.63) is 37.1 Å². The Morgan fingerprint density at radius 3 is 2.48 bits per heavy atom. The average Bonchev–Trinajstić information content (AvgIpc) is 3.49. The van der Waals surface area contributed by atoms with Gasteiger partial charge in [0, 0.05) is 43.3 Å². The van der Waals surface area contributed by atoms with Crippen molar-refractivity contribution < 1.29 is 27.5 Å². The molecule has 0 bridgehead atoms. The van der Waals surface area contributed by atoms with Crippen molar-refractivity contribution in [1.29, 1.82) is 0 Å². The van der Waals surface area contributed by atoms with E-state index in [1.807, 2.05) is 22.1 Å². The zero-order valence-corrected chi connectivity index (χ0v) is 23.3. The van der Waals surface area contributed by atoms with Crippen molar-refractivity contribution in [3.63, 3.8) is 0 Å². The Morgan fingerprint density at radius 2 is 1.80 bits per heavy atom. The van der Waals surface area contributed by atoms with Gasteiger partial charge in [0.2, 0.25) is 15.9 Å². The lowest BCUT2D eigenvalue weighted by molar-refractivity contribution is 0.0533. The SMILES string of the molecule is CC(C)(C)OC(=O)NC(=O)Oc1ncnc2c1c(-c1ccc(N)c3nccn13)cn2C1CCN(S(C)(=O)=O)CC1. The van der Waals surface area contributed by atoms with Gasteiger partial charge in [-0.25, -0.2) is 42.6 Å². The number of anilines is 1. The number of carbonyl (C=O) groups is 2. The molecule has 1 aliphatic heterocycles. The number of hydrogen-bond donors (Lipinski definition) is 2. The van der Waals surface area contributed by atoms with Gasteiger partial charge in [-0.2, -0.15) is 0 Å². The number of imide groups is 1. The Kier molecular flexibility index (Phi) is 6.87. The number of hydrogen-bond acceptors (Lipinski definition) is 10. The van der Waals surface area contributed by atoms with E-state index in [4.69, 9.17) is 15.2 Å². The fourth-order valence-corrected chi connectivity index (χ4v) is 5.69. The number of aromatic nitrogens is 5. The van der Waals surface area contributed by atoms with E-state index in [0.717, 1.165) is 0 Å². The van der Waals surface area contributed by atoms with Crippen LogP contribution in [0.2, 0.25) is 0 Å². The van der Waals surface area contributed by atoms with Gasteiger partial charge in [-0.05, 0) is 45.7 Å². The summed E-state index contributed by atoms with van der Waals surface area (Å²) in [6.07, 6.45) is 6.80. The van der Waals surface area contributed by atoms with Gasteiger partial charge in [0.05, 0.1) is 23.0 Å². The number of amides is 2. The molecule has 4 aromatic heterocycles. The van der Waals surface area contributed by atoms with E-state index < -0.39 is 27.8 Å². The molecule has 0 aromatic carbocycles. The number of rotatable bonds is 4. The van der Waals surface area contributed by atoms with Crippen molar-refractivity contribution in [3.8, 4) is 17.1 Å². The van der Waals surface area contributed by atoms with Crippen molar-refractivity contribution in [2.24, 2.45) is 0 Å².